The van der Waals surface area contributed by atoms with Gasteiger partial charge in [-0.05, 0) is 19.9 Å². The first-order valence-corrected chi connectivity index (χ1v) is 6.75. The Morgan fingerprint density at radius 2 is 1.83 bits per heavy atom. The van der Waals surface area contributed by atoms with Crippen molar-refractivity contribution in [1.29, 1.82) is 0 Å². The topological polar surface area (TPSA) is 79.5 Å². The van der Waals surface area contributed by atoms with Gasteiger partial charge < -0.3 is 14.8 Å². The van der Waals surface area contributed by atoms with Gasteiger partial charge in [0.15, 0.2) is 0 Å². The molecule has 0 saturated heterocycles. The molecule has 24 heavy (non-hydrogen) atoms. The van der Waals surface area contributed by atoms with Crippen LogP contribution < -0.4 is 5.32 Å². The number of hydrogen-bond donors (Lipinski definition) is 2. The Bertz CT molecular complexity index is 762. The predicted octanol–water partition coefficient (Wildman–Crippen LogP) is 3.57. The molecule has 0 radical (unpaired) electrons. The van der Waals surface area contributed by atoms with Crippen LogP contribution in [0.15, 0.2) is 40.8 Å². The Balaban J connectivity index is 0.000000351. The molecule has 1 heterocycles. The Labute approximate surface area is 135 Å². The van der Waals surface area contributed by atoms with E-state index in [1.807, 2.05) is 31.2 Å². The van der Waals surface area contributed by atoms with E-state index in [1.165, 1.54) is 0 Å². The van der Waals surface area contributed by atoms with E-state index in [1.54, 1.807) is 6.92 Å². The van der Waals surface area contributed by atoms with Gasteiger partial charge in [-0.15, -0.1) is 0 Å². The number of para-hydroxylation sites is 1. The maximum Gasteiger partial charge on any atom is 0.490 e. The number of nitrogens with one attached hydrogen (secondary N) is 1. The molecule has 1 aromatic carbocycles. The fraction of sp³-hybridized carbons (Fsp3) is 0.250. The molecule has 5 nitrogen and oxygen atoms in total. The third kappa shape index (κ3) is 5.15. The average molecular weight is 343 g/mol. The summed E-state index contributed by atoms with van der Waals surface area (Å²) in [4.78, 5) is 20.3. The van der Waals surface area contributed by atoms with Crippen LogP contribution in [0.3, 0.4) is 0 Å². The lowest BCUT2D eigenvalue weighted by atomic mass is 10.1. The number of halogens is 3. The number of alkyl halides is 3. The Morgan fingerprint density at radius 3 is 2.29 bits per heavy atom. The number of amides is 1. The van der Waals surface area contributed by atoms with Crippen LogP contribution in [-0.2, 0) is 16.1 Å². The quantitative estimate of drug-likeness (QED) is 0.835. The van der Waals surface area contributed by atoms with Crippen LogP contribution in [0.25, 0.3) is 11.0 Å². The Hall–Kier alpha value is -2.77. The van der Waals surface area contributed by atoms with Gasteiger partial charge in [-0.1, -0.05) is 24.8 Å². The first kappa shape index (κ1) is 19.3. The lowest BCUT2D eigenvalue weighted by Gasteiger charge is -2.02. The highest BCUT2D eigenvalue weighted by Gasteiger charge is 2.38. The number of aliphatic carboxylic acids is 1. The molecule has 0 bridgehead atoms. The molecular formula is C16H16F3NO4. The summed E-state index contributed by atoms with van der Waals surface area (Å²) in [7, 11) is 0. The van der Waals surface area contributed by atoms with E-state index in [-0.39, 0.29) is 5.91 Å². The molecule has 130 valence electrons. The lowest BCUT2D eigenvalue weighted by Crippen LogP contribution is -2.23. The third-order valence-electron chi connectivity index (χ3n) is 2.98. The van der Waals surface area contributed by atoms with E-state index >= 15 is 0 Å². The van der Waals surface area contributed by atoms with E-state index in [2.05, 4.69) is 11.9 Å². The molecule has 2 rings (SSSR count). The predicted molar refractivity (Wildman–Crippen MR) is 81.3 cm³/mol. The van der Waals surface area contributed by atoms with Crippen molar-refractivity contribution < 1.29 is 32.3 Å². The highest BCUT2D eigenvalue weighted by Crippen LogP contribution is 2.24. The molecule has 0 fully saturated rings. The number of rotatable bonds is 3. The van der Waals surface area contributed by atoms with Crippen LogP contribution in [0.1, 0.15) is 18.2 Å². The van der Waals surface area contributed by atoms with Gasteiger partial charge in [0.2, 0.25) is 5.91 Å². The normalized spacial score (nSPS) is 10.7. The summed E-state index contributed by atoms with van der Waals surface area (Å²) in [5.74, 6) is -2.11. The summed E-state index contributed by atoms with van der Waals surface area (Å²) < 4.78 is 37.4. The van der Waals surface area contributed by atoms with Gasteiger partial charge in [-0.2, -0.15) is 13.2 Å². The number of aryl methyl sites for hydroxylation is 1. The molecule has 0 aliphatic rings. The van der Waals surface area contributed by atoms with Gasteiger partial charge in [0.1, 0.15) is 11.3 Å². The molecule has 0 aliphatic carbocycles. The summed E-state index contributed by atoms with van der Waals surface area (Å²) >= 11 is 0. The second-order valence-electron chi connectivity index (χ2n) is 4.91. The van der Waals surface area contributed by atoms with E-state index in [4.69, 9.17) is 14.3 Å². The van der Waals surface area contributed by atoms with Gasteiger partial charge >= 0.3 is 12.1 Å². The van der Waals surface area contributed by atoms with E-state index in [0.717, 1.165) is 22.3 Å². The van der Waals surface area contributed by atoms with Crippen LogP contribution in [0.4, 0.5) is 13.2 Å². The number of benzene rings is 1. The molecular weight excluding hydrogens is 327 g/mol. The highest BCUT2D eigenvalue weighted by molar-refractivity contribution is 5.92. The van der Waals surface area contributed by atoms with Crippen molar-refractivity contribution in [2.24, 2.45) is 0 Å². The third-order valence-corrected chi connectivity index (χ3v) is 2.98. The first-order valence-electron chi connectivity index (χ1n) is 6.75. The largest absolute Gasteiger partial charge is 0.490 e. The van der Waals surface area contributed by atoms with Crippen LogP contribution >= 0.6 is 0 Å². The minimum absolute atomic E-state index is 0.148. The maximum atomic E-state index is 11.4. The fourth-order valence-corrected chi connectivity index (χ4v) is 1.71. The molecule has 2 N–H and O–H groups in total. The minimum atomic E-state index is -5.08. The summed E-state index contributed by atoms with van der Waals surface area (Å²) in [6, 6.07) is 7.84. The van der Waals surface area contributed by atoms with E-state index < -0.39 is 12.1 Å². The Morgan fingerprint density at radius 1 is 1.29 bits per heavy atom. The van der Waals surface area contributed by atoms with Crippen molar-refractivity contribution in [3.05, 3.63) is 47.7 Å². The smallest absolute Gasteiger partial charge is 0.475 e. The van der Waals surface area contributed by atoms with Crippen LogP contribution in [0.5, 0.6) is 0 Å². The zero-order chi connectivity index (χ0) is 18.5. The number of fused-ring (bicyclic) bond motifs is 1. The molecule has 0 spiro atoms. The number of furan rings is 1. The van der Waals surface area contributed by atoms with E-state index in [9.17, 15) is 18.0 Å². The average Bonchev–Trinajstić information content (AvgIpc) is 2.81. The number of carboxylic acid groups (broad SMARTS) is 1. The number of hydrogen-bond acceptors (Lipinski definition) is 3. The fourth-order valence-electron chi connectivity index (χ4n) is 1.71. The molecule has 0 aliphatic heterocycles. The number of carbonyl (C=O) groups is 2. The number of carboxylic acids is 1. The second kappa shape index (κ2) is 7.67. The van der Waals surface area contributed by atoms with Crippen molar-refractivity contribution in [2.75, 3.05) is 0 Å². The van der Waals surface area contributed by atoms with Crippen LogP contribution in [0.2, 0.25) is 0 Å². The van der Waals surface area contributed by atoms with E-state index in [0.29, 0.717) is 12.1 Å². The molecule has 0 unspecified atom stereocenters. The first-order chi connectivity index (χ1) is 11.0. The molecule has 1 aromatic heterocycles. The molecule has 8 heteroatoms. The van der Waals surface area contributed by atoms with Crippen molar-refractivity contribution in [1.82, 2.24) is 5.32 Å². The zero-order valence-corrected chi connectivity index (χ0v) is 13.0. The van der Waals surface area contributed by atoms with Crippen LogP contribution in [0, 0.1) is 6.92 Å². The Kier molecular flexibility index (Phi) is 6.16. The summed E-state index contributed by atoms with van der Waals surface area (Å²) in [5, 5.41) is 11.0. The van der Waals surface area contributed by atoms with Gasteiger partial charge in [0, 0.05) is 16.5 Å². The van der Waals surface area contributed by atoms with Gasteiger partial charge in [-0.3, -0.25) is 4.79 Å². The minimum Gasteiger partial charge on any atom is -0.475 e. The van der Waals surface area contributed by atoms with Crippen molar-refractivity contribution in [3.63, 3.8) is 0 Å². The maximum absolute atomic E-state index is 11.4. The molecule has 1 amide bonds. The van der Waals surface area contributed by atoms with Crippen molar-refractivity contribution in [3.8, 4) is 0 Å². The monoisotopic (exact) mass is 343 g/mol. The number of carbonyl (C=O) groups excluding carboxylic acids is 1. The lowest BCUT2D eigenvalue weighted by molar-refractivity contribution is -0.192. The molecule has 0 saturated carbocycles. The summed E-state index contributed by atoms with van der Waals surface area (Å²) in [6.07, 6.45) is -5.08. The SMILES string of the molecule is C=C(C)C(=O)NCc1oc2ccccc2c1C.O=C(O)C(F)(F)F. The standard InChI is InChI=1S/C14H15NO2.C2HF3O2/c1-9(2)14(16)15-8-13-10(3)11-6-4-5-7-12(11)17-13;3-2(4,5)1(6)7/h4-7H,1,8H2,2-3H3,(H,15,16);(H,6,7). The summed E-state index contributed by atoms with van der Waals surface area (Å²) in [5.41, 5.74) is 2.42. The van der Waals surface area contributed by atoms with Crippen molar-refractivity contribution >= 4 is 22.8 Å². The van der Waals surface area contributed by atoms with Gasteiger partial charge in [-0.25, -0.2) is 4.79 Å². The van der Waals surface area contributed by atoms with Gasteiger partial charge in [0.05, 0.1) is 6.54 Å². The molecule has 2 aromatic rings. The van der Waals surface area contributed by atoms with Crippen molar-refractivity contribution in [2.45, 2.75) is 26.6 Å². The highest BCUT2D eigenvalue weighted by atomic mass is 19.4. The van der Waals surface area contributed by atoms with Crippen LogP contribution in [-0.4, -0.2) is 23.2 Å². The summed E-state index contributed by atoms with van der Waals surface area (Å²) in [6.45, 7) is 7.66. The van der Waals surface area contributed by atoms with Gasteiger partial charge in [0.25, 0.3) is 0 Å². The molecule has 0 atom stereocenters. The zero-order valence-electron chi connectivity index (χ0n) is 13.0. The second-order valence-corrected chi connectivity index (χ2v) is 4.91.